The van der Waals surface area contributed by atoms with E-state index >= 15 is 4.79 Å². The molecule has 4 heterocycles. The summed E-state index contributed by atoms with van der Waals surface area (Å²) in [5, 5.41) is 7.19. The number of fused-ring (bicyclic) bond motifs is 4. The van der Waals surface area contributed by atoms with Crippen molar-refractivity contribution < 1.29 is 55.6 Å². The Labute approximate surface area is 378 Å². The van der Waals surface area contributed by atoms with Crippen molar-refractivity contribution in [3.05, 3.63) is 54.6 Å². The number of nitrogens with zero attached hydrogens (tertiary/aromatic N) is 2. The number of nitrogens with one attached hydrogen (secondary N) is 3. The largest absolute Gasteiger partial charge is 0.497 e. The highest BCUT2D eigenvalue weighted by molar-refractivity contribution is 7.91. The van der Waals surface area contributed by atoms with Crippen molar-refractivity contribution in [2.75, 3.05) is 26.9 Å². The van der Waals surface area contributed by atoms with E-state index in [1.54, 1.807) is 40.9 Å². The lowest BCUT2D eigenvalue weighted by Crippen LogP contribution is -2.59. The molecular formula is C47H65N5O11S. The molecule has 3 N–H and O–H groups in total. The summed E-state index contributed by atoms with van der Waals surface area (Å²) in [6.07, 6.45) is 5.25. The minimum absolute atomic E-state index is 0. The summed E-state index contributed by atoms with van der Waals surface area (Å²) in [6, 6.07) is 10.7. The van der Waals surface area contributed by atoms with Crippen molar-refractivity contribution in [2.24, 2.45) is 17.8 Å². The van der Waals surface area contributed by atoms with Crippen LogP contribution in [0.5, 0.6) is 23.1 Å². The quantitative estimate of drug-likeness (QED) is 0.206. The van der Waals surface area contributed by atoms with Crippen LogP contribution in [0.1, 0.15) is 90.8 Å². The maximum Gasteiger partial charge on any atom is 0.408 e. The van der Waals surface area contributed by atoms with Crippen molar-refractivity contribution in [3.63, 3.8) is 0 Å². The van der Waals surface area contributed by atoms with Crippen LogP contribution in [-0.4, -0.2) is 103 Å². The van der Waals surface area contributed by atoms with Crippen LogP contribution in [-0.2, 0) is 29.1 Å². The van der Waals surface area contributed by atoms with Crippen LogP contribution in [0.2, 0.25) is 0 Å². The number of ether oxygens (including phenoxy) is 5. The molecule has 8 rings (SSSR count). The maximum absolute atomic E-state index is 15.1. The van der Waals surface area contributed by atoms with Crippen LogP contribution in [0.25, 0.3) is 22.0 Å². The molecule has 0 unspecified atom stereocenters. The standard InChI is InChI=1S/C47H59N5O11S.3H2/c1-27-10-8-9-11-31-25-47(31,43(55)51-64(57,58)46(6)16-17-46)50-40(53)36-24-33(26-52(36)42(54)39(28(2)20-27)49-44(56)63-45(3,4)5)62-41-34-14-13-32(59-7)21-30(34)22-35(48-41)29-12-15-37-38(23-29)61-19-18-60-37;;;/h9,11-15,21-23,27-28,31,33,36,39H,8,10,16-20,24-26H2,1-7H3,(H,49,56)(H,50,53)(H,51,55);3*1H/b11-9-;;;/t27-,28+,31+,33+,36-,39-,47+;;;/m0.../s1. The minimum atomic E-state index is -4.04. The second-order valence-electron chi connectivity index (χ2n) is 19.3. The van der Waals surface area contributed by atoms with Gasteiger partial charge in [0.1, 0.15) is 48.3 Å². The van der Waals surface area contributed by atoms with E-state index < -0.39 is 73.8 Å². The molecule has 16 nitrogen and oxygen atoms in total. The molecule has 0 radical (unpaired) electrons. The van der Waals surface area contributed by atoms with Crippen molar-refractivity contribution >= 4 is 44.6 Å². The monoisotopic (exact) mass is 907 g/mol. The normalized spacial score (nSPS) is 28.3. The summed E-state index contributed by atoms with van der Waals surface area (Å²) < 4.78 is 57.5. The van der Waals surface area contributed by atoms with Gasteiger partial charge >= 0.3 is 6.09 Å². The molecule has 17 heteroatoms. The molecule has 1 aromatic heterocycles. The first-order valence-electron chi connectivity index (χ1n) is 22.2. The summed E-state index contributed by atoms with van der Waals surface area (Å²) in [4.78, 5) is 63.8. The van der Waals surface area contributed by atoms with Crippen LogP contribution < -0.4 is 34.3 Å². The van der Waals surface area contributed by atoms with Gasteiger partial charge in [-0.15, -0.1) is 0 Å². The summed E-state index contributed by atoms with van der Waals surface area (Å²) in [5.41, 5.74) is -1.11. The summed E-state index contributed by atoms with van der Waals surface area (Å²) in [6.45, 7) is 11.5. The predicted molar refractivity (Wildman–Crippen MR) is 244 cm³/mol. The van der Waals surface area contributed by atoms with E-state index in [9.17, 15) is 22.8 Å². The second kappa shape index (κ2) is 17.1. The Balaban J connectivity index is 0.00000280. The fourth-order valence-corrected chi connectivity index (χ4v) is 10.3. The molecule has 7 atom stereocenters. The molecule has 0 spiro atoms. The van der Waals surface area contributed by atoms with Crippen LogP contribution >= 0.6 is 0 Å². The Morgan fingerprint density at radius 2 is 1.77 bits per heavy atom. The summed E-state index contributed by atoms with van der Waals surface area (Å²) in [7, 11) is -2.46. The molecule has 1 saturated heterocycles. The highest BCUT2D eigenvalue weighted by Gasteiger charge is 2.63. The molecule has 64 heavy (non-hydrogen) atoms. The zero-order valence-corrected chi connectivity index (χ0v) is 38.3. The van der Waals surface area contributed by atoms with Gasteiger partial charge in [-0.25, -0.2) is 18.2 Å². The SMILES string of the molecule is COc1ccc2c(O[C@@H]3C[C@H]4C(=O)N[C@]5(C(=O)NS(=O)(=O)C6(C)CC6)C[C@H]5/C=C\CC[C@H](C)C[C@@H](C)[C@H](NC(=O)OC(C)(C)C)C(=O)N4C3)nc(-c3ccc4c(c3)OCCO4)cc2c1.[HH].[HH].[HH]. The van der Waals surface area contributed by atoms with Gasteiger partial charge in [-0.2, -0.15) is 0 Å². The summed E-state index contributed by atoms with van der Waals surface area (Å²) in [5.74, 6) is -0.646. The van der Waals surface area contributed by atoms with Crippen LogP contribution in [0.4, 0.5) is 4.79 Å². The van der Waals surface area contributed by atoms with Gasteiger partial charge in [-0.05, 0) is 126 Å². The number of allylic oxidation sites excluding steroid dienone is 1. The third kappa shape index (κ3) is 9.31. The number of amides is 4. The number of hydrogen-bond acceptors (Lipinski definition) is 12. The molecule has 0 bridgehead atoms. The van der Waals surface area contributed by atoms with Gasteiger partial charge < -0.3 is 39.2 Å². The van der Waals surface area contributed by atoms with Gasteiger partial charge in [-0.1, -0.05) is 26.0 Å². The lowest BCUT2D eigenvalue weighted by molar-refractivity contribution is -0.142. The number of hydrogen-bond donors (Lipinski definition) is 3. The van der Waals surface area contributed by atoms with Gasteiger partial charge in [-0.3, -0.25) is 19.1 Å². The van der Waals surface area contributed by atoms with E-state index in [1.165, 1.54) is 4.90 Å². The van der Waals surface area contributed by atoms with E-state index in [2.05, 4.69) is 22.3 Å². The predicted octanol–water partition coefficient (Wildman–Crippen LogP) is 6.55. The van der Waals surface area contributed by atoms with E-state index in [4.69, 9.17) is 28.7 Å². The first kappa shape index (κ1) is 45.0. The summed E-state index contributed by atoms with van der Waals surface area (Å²) >= 11 is 0. The first-order chi connectivity index (χ1) is 30.3. The number of rotatable bonds is 8. The number of alkyl carbamates (subject to hydrolysis) is 1. The lowest BCUT2D eigenvalue weighted by atomic mass is 9.88. The number of benzene rings is 2. The van der Waals surface area contributed by atoms with Gasteiger partial charge in [0.05, 0.1) is 24.1 Å². The van der Waals surface area contributed by atoms with Crippen molar-refractivity contribution in [1.29, 1.82) is 0 Å². The highest BCUT2D eigenvalue weighted by Crippen LogP contribution is 2.48. The lowest BCUT2D eigenvalue weighted by Gasteiger charge is -2.33. The van der Waals surface area contributed by atoms with Gasteiger partial charge in [0.2, 0.25) is 27.7 Å². The fraction of sp³-hybridized carbons (Fsp3) is 0.553. The van der Waals surface area contributed by atoms with E-state index in [0.717, 1.165) is 17.4 Å². The number of pyridine rings is 1. The molecule has 5 aliphatic rings. The molecule has 2 aliphatic carbocycles. The minimum Gasteiger partial charge on any atom is -0.497 e. The first-order valence-corrected chi connectivity index (χ1v) is 23.7. The number of carbonyl (C=O) groups excluding carboxylic acids is 4. The molecule has 2 aromatic carbocycles. The third-order valence-electron chi connectivity index (χ3n) is 13.0. The Kier molecular flexibility index (Phi) is 12.0. The molecule has 3 aromatic rings. The molecule has 2 saturated carbocycles. The highest BCUT2D eigenvalue weighted by atomic mass is 32.2. The van der Waals surface area contributed by atoms with E-state index in [-0.39, 0.29) is 41.4 Å². The Morgan fingerprint density at radius 3 is 2.48 bits per heavy atom. The average molecular weight is 908 g/mol. The van der Waals surface area contributed by atoms with Crippen molar-refractivity contribution in [2.45, 2.75) is 121 Å². The average Bonchev–Trinajstić information content (AvgIpc) is 4.13. The number of methoxy groups -OCH3 is 1. The Hall–Kier alpha value is -5.58. The zero-order chi connectivity index (χ0) is 45.8. The molecular weight excluding hydrogens is 843 g/mol. The molecule has 4 amide bonds. The maximum atomic E-state index is 15.1. The van der Waals surface area contributed by atoms with Crippen LogP contribution in [0, 0.1) is 17.8 Å². The van der Waals surface area contributed by atoms with Crippen molar-refractivity contribution in [1.82, 2.24) is 25.2 Å². The van der Waals surface area contributed by atoms with Crippen LogP contribution in [0.15, 0.2) is 54.6 Å². The van der Waals surface area contributed by atoms with E-state index in [1.807, 2.05) is 55.5 Å². The molecule has 3 aliphatic heterocycles. The third-order valence-corrected chi connectivity index (χ3v) is 15.2. The Bertz CT molecular complexity index is 2500. The van der Waals surface area contributed by atoms with Gasteiger partial charge in [0, 0.05) is 27.6 Å². The molecule has 350 valence electrons. The number of aromatic nitrogens is 1. The van der Waals surface area contributed by atoms with Crippen LogP contribution in [0.3, 0.4) is 0 Å². The van der Waals surface area contributed by atoms with Gasteiger partial charge in [0.25, 0.3) is 5.91 Å². The smallest absolute Gasteiger partial charge is 0.408 e. The topological polar surface area (TPSA) is 201 Å². The van der Waals surface area contributed by atoms with Crippen molar-refractivity contribution in [3.8, 4) is 34.4 Å². The number of carbonyl (C=O) groups is 4. The van der Waals surface area contributed by atoms with E-state index in [0.29, 0.717) is 67.2 Å². The number of sulfonamides is 1. The zero-order valence-electron chi connectivity index (χ0n) is 37.5. The second-order valence-corrected chi connectivity index (χ2v) is 21.5. The molecule has 3 fully saturated rings. The fourth-order valence-electron chi connectivity index (χ4n) is 8.96. The Morgan fingerprint density at radius 1 is 1.02 bits per heavy atom. The van der Waals surface area contributed by atoms with Gasteiger partial charge in [0.15, 0.2) is 11.5 Å².